The Morgan fingerprint density at radius 2 is 1.88 bits per heavy atom. The van der Waals surface area contributed by atoms with Gasteiger partial charge in [-0.1, -0.05) is 56.1 Å². The lowest BCUT2D eigenvalue weighted by Crippen LogP contribution is -2.18. The van der Waals surface area contributed by atoms with E-state index in [1.807, 2.05) is 48.5 Å². The lowest BCUT2D eigenvalue weighted by atomic mass is 10.2. The van der Waals surface area contributed by atoms with Crippen LogP contribution in [0.15, 0.2) is 74.8 Å². The number of aromatic nitrogens is 2. The molecular formula is C18H14Br2N4O. The minimum atomic E-state index is -0.348. The highest BCUT2D eigenvalue weighted by Gasteiger charge is 2.08. The molecule has 0 saturated heterocycles. The van der Waals surface area contributed by atoms with Gasteiger partial charge in [-0.05, 0) is 41.5 Å². The number of nitrogens with zero attached hydrogens (tertiary/aromatic N) is 3. The van der Waals surface area contributed by atoms with E-state index in [1.165, 1.54) is 0 Å². The van der Waals surface area contributed by atoms with Gasteiger partial charge in [0.15, 0.2) is 5.69 Å². The maximum Gasteiger partial charge on any atom is 0.291 e. The molecule has 0 atom stereocenters. The maximum absolute atomic E-state index is 12.1. The van der Waals surface area contributed by atoms with Crippen LogP contribution in [0.25, 0.3) is 0 Å². The Labute approximate surface area is 162 Å². The molecule has 1 amide bonds. The molecule has 3 rings (SSSR count). The standard InChI is InChI=1S/C18H14Br2N4O/c19-15-5-1-3-13(9-15)11-21-22-18(25)17-7-8-24(23-17)12-14-4-2-6-16(20)10-14/h1-11H,12H2,(H,22,25)/b21-11-. The predicted octanol–water partition coefficient (Wildman–Crippen LogP) is 4.22. The van der Waals surface area contributed by atoms with Crippen LogP contribution in [0.5, 0.6) is 0 Å². The first-order chi connectivity index (χ1) is 12.1. The first-order valence-electron chi connectivity index (χ1n) is 7.47. The Morgan fingerprint density at radius 3 is 2.64 bits per heavy atom. The number of hydrazone groups is 1. The molecule has 0 bridgehead atoms. The van der Waals surface area contributed by atoms with Crippen LogP contribution in [0.4, 0.5) is 0 Å². The van der Waals surface area contributed by atoms with E-state index >= 15 is 0 Å². The molecule has 5 nitrogen and oxygen atoms in total. The number of nitrogens with one attached hydrogen (secondary N) is 1. The van der Waals surface area contributed by atoms with E-state index in [-0.39, 0.29) is 5.91 Å². The van der Waals surface area contributed by atoms with E-state index in [9.17, 15) is 4.79 Å². The highest BCUT2D eigenvalue weighted by molar-refractivity contribution is 9.10. The third-order valence-corrected chi connectivity index (χ3v) is 4.32. The van der Waals surface area contributed by atoms with E-state index in [0.717, 1.165) is 20.1 Å². The maximum atomic E-state index is 12.1. The van der Waals surface area contributed by atoms with Crippen LogP contribution in [0.2, 0.25) is 0 Å². The van der Waals surface area contributed by atoms with Gasteiger partial charge in [0.05, 0.1) is 12.8 Å². The summed E-state index contributed by atoms with van der Waals surface area (Å²) in [4.78, 5) is 12.1. The van der Waals surface area contributed by atoms with Gasteiger partial charge in [0, 0.05) is 15.1 Å². The summed E-state index contributed by atoms with van der Waals surface area (Å²) in [6, 6.07) is 17.3. The van der Waals surface area contributed by atoms with Gasteiger partial charge in [-0.25, -0.2) is 5.43 Å². The van der Waals surface area contributed by atoms with Gasteiger partial charge in [-0.2, -0.15) is 10.2 Å². The molecule has 0 aliphatic heterocycles. The zero-order valence-corrected chi connectivity index (χ0v) is 16.2. The molecule has 1 aromatic heterocycles. The van der Waals surface area contributed by atoms with Crippen molar-refractivity contribution in [3.8, 4) is 0 Å². The van der Waals surface area contributed by atoms with Crippen molar-refractivity contribution in [3.63, 3.8) is 0 Å². The summed E-state index contributed by atoms with van der Waals surface area (Å²) in [5, 5.41) is 8.25. The van der Waals surface area contributed by atoms with E-state index in [4.69, 9.17) is 0 Å². The summed E-state index contributed by atoms with van der Waals surface area (Å²) in [5.74, 6) is -0.348. The zero-order chi connectivity index (χ0) is 17.6. The summed E-state index contributed by atoms with van der Waals surface area (Å²) in [7, 11) is 0. The predicted molar refractivity (Wildman–Crippen MR) is 105 cm³/mol. The summed E-state index contributed by atoms with van der Waals surface area (Å²) in [6.45, 7) is 0.591. The summed E-state index contributed by atoms with van der Waals surface area (Å²) < 4.78 is 3.68. The number of rotatable bonds is 5. The Balaban J connectivity index is 1.60. The van der Waals surface area contributed by atoms with Gasteiger partial charge in [-0.3, -0.25) is 9.48 Å². The van der Waals surface area contributed by atoms with E-state index in [0.29, 0.717) is 12.2 Å². The minimum absolute atomic E-state index is 0.321. The molecule has 0 fully saturated rings. The van der Waals surface area contributed by atoms with Crippen LogP contribution in [0.3, 0.4) is 0 Å². The lowest BCUT2D eigenvalue weighted by Gasteiger charge is -2.02. The minimum Gasteiger partial charge on any atom is -0.268 e. The third kappa shape index (κ3) is 5.11. The largest absolute Gasteiger partial charge is 0.291 e. The smallest absolute Gasteiger partial charge is 0.268 e. The van der Waals surface area contributed by atoms with Crippen molar-refractivity contribution in [3.05, 3.63) is 86.6 Å². The second-order valence-electron chi connectivity index (χ2n) is 5.28. The number of halogens is 2. The molecule has 0 radical (unpaired) electrons. The number of hydrogen-bond acceptors (Lipinski definition) is 3. The van der Waals surface area contributed by atoms with E-state index in [2.05, 4.69) is 47.5 Å². The quantitative estimate of drug-likeness (QED) is 0.456. The zero-order valence-electron chi connectivity index (χ0n) is 13.1. The average molecular weight is 462 g/mol. The summed E-state index contributed by atoms with van der Waals surface area (Å²) in [6.07, 6.45) is 3.36. The van der Waals surface area contributed by atoms with Crippen molar-refractivity contribution in [1.29, 1.82) is 0 Å². The number of amides is 1. The Kier molecular flexibility index (Phi) is 5.78. The molecule has 2 aromatic carbocycles. The van der Waals surface area contributed by atoms with Crippen LogP contribution < -0.4 is 5.43 Å². The number of hydrogen-bond donors (Lipinski definition) is 1. The normalized spacial score (nSPS) is 11.0. The van der Waals surface area contributed by atoms with Gasteiger partial charge in [0.2, 0.25) is 0 Å². The molecule has 25 heavy (non-hydrogen) atoms. The highest BCUT2D eigenvalue weighted by Crippen LogP contribution is 2.13. The molecular weight excluding hydrogens is 448 g/mol. The molecule has 1 heterocycles. The van der Waals surface area contributed by atoms with Crippen LogP contribution in [-0.4, -0.2) is 21.9 Å². The molecule has 7 heteroatoms. The molecule has 3 aromatic rings. The number of carbonyl (C=O) groups excluding carboxylic acids is 1. The SMILES string of the molecule is O=C(N/N=C\c1cccc(Br)c1)c1ccn(Cc2cccc(Br)c2)n1. The van der Waals surface area contributed by atoms with Crippen molar-refractivity contribution < 1.29 is 4.79 Å². The fourth-order valence-electron chi connectivity index (χ4n) is 2.20. The van der Waals surface area contributed by atoms with Crippen LogP contribution in [0, 0.1) is 0 Å². The Bertz CT molecular complexity index is 921. The first-order valence-corrected chi connectivity index (χ1v) is 9.05. The highest BCUT2D eigenvalue weighted by atomic mass is 79.9. The van der Waals surface area contributed by atoms with Crippen molar-refractivity contribution in [2.24, 2.45) is 5.10 Å². The number of benzene rings is 2. The molecule has 0 aliphatic rings. The van der Waals surface area contributed by atoms with Gasteiger partial charge < -0.3 is 0 Å². The van der Waals surface area contributed by atoms with Gasteiger partial charge >= 0.3 is 0 Å². The Morgan fingerprint density at radius 1 is 1.12 bits per heavy atom. The molecule has 126 valence electrons. The van der Waals surface area contributed by atoms with Crippen molar-refractivity contribution in [2.45, 2.75) is 6.54 Å². The van der Waals surface area contributed by atoms with Crippen molar-refractivity contribution in [1.82, 2.24) is 15.2 Å². The Hall–Kier alpha value is -2.25. The second kappa shape index (κ2) is 8.22. The van der Waals surface area contributed by atoms with Gasteiger partial charge in [0.1, 0.15) is 0 Å². The molecule has 0 spiro atoms. The first kappa shape index (κ1) is 17.6. The van der Waals surface area contributed by atoms with Crippen molar-refractivity contribution in [2.75, 3.05) is 0 Å². The van der Waals surface area contributed by atoms with E-state index < -0.39 is 0 Å². The van der Waals surface area contributed by atoms with E-state index in [1.54, 1.807) is 23.2 Å². The fourth-order valence-corrected chi connectivity index (χ4v) is 3.07. The van der Waals surface area contributed by atoms with Crippen LogP contribution in [0.1, 0.15) is 21.6 Å². The average Bonchev–Trinajstić information content (AvgIpc) is 3.03. The second-order valence-corrected chi connectivity index (χ2v) is 7.11. The van der Waals surface area contributed by atoms with Gasteiger partial charge in [-0.15, -0.1) is 0 Å². The molecule has 0 saturated carbocycles. The van der Waals surface area contributed by atoms with Crippen LogP contribution in [-0.2, 0) is 6.54 Å². The lowest BCUT2D eigenvalue weighted by molar-refractivity contribution is 0.0949. The third-order valence-electron chi connectivity index (χ3n) is 3.34. The summed E-state index contributed by atoms with van der Waals surface area (Å²) >= 11 is 6.83. The monoisotopic (exact) mass is 460 g/mol. The van der Waals surface area contributed by atoms with Crippen LogP contribution >= 0.6 is 31.9 Å². The van der Waals surface area contributed by atoms with Gasteiger partial charge in [0.25, 0.3) is 5.91 Å². The fraction of sp³-hybridized carbons (Fsp3) is 0.0556. The van der Waals surface area contributed by atoms with Crippen molar-refractivity contribution >= 4 is 44.0 Å². The topological polar surface area (TPSA) is 59.3 Å². The molecule has 0 unspecified atom stereocenters. The molecule has 1 N–H and O–H groups in total. The number of carbonyl (C=O) groups is 1. The summed E-state index contributed by atoms with van der Waals surface area (Å²) in [5.41, 5.74) is 4.78. The molecule has 0 aliphatic carbocycles.